The van der Waals surface area contributed by atoms with Crippen molar-refractivity contribution in [2.75, 3.05) is 6.54 Å². The van der Waals surface area contributed by atoms with Gasteiger partial charge in [-0.15, -0.1) is 0 Å². The smallest absolute Gasteiger partial charge is 0.245 e. The Morgan fingerprint density at radius 1 is 1.26 bits per heavy atom. The lowest BCUT2D eigenvalue weighted by Gasteiger charge is -2.42. The zero-order valence-electron chi connectivity index (χ0n) is 12.4. The minimum absolute atomic E-state index is 0.00398. The molecule has 1 heterocycles. The van der Waals surface area contributed by atoms with Crippen molar-refractivity contribution in [1.29, 1.82) is 0 Å². The summed E-state index contributed by atoms with van der Waals surface area (Å²) in [5, 5.41) is 2.82. The predicted octanol–water partition coefficient (Wildman–Crippen LogP) is 2.08. The predicted molar refractivity (Wildman–Crippen MR) is 74.6 cm³/mol. The Morgan fingerprint density at radius 2 is 1.89 bits per heavy atom. The summed E-state index contributed by atoms with van der Waals surface area (Å²) in [5.74, 6) is 0.102. The number of rotatable bonds is 4. The van der Waals surface area contributed by atoms with E-state index in [1.54, 1.807) is 0 Å². The van der Waals surface area contributed by atoms with Gasteiger partial charge in [0.1, 0.15) is 12.1 Å². The van der Waals surface area contributed by atoms with Gasteiger partial charge >= 0.3 is 0 Å². The lowest BCUT2D eigenvalue weighted by atomic mass is 9.82. The summed E-state index contributed by atoms with van der Waals surface area (Å²) in [6.07, 6.45) is 6.67. The fourth-order valence-corrected chi connectivity index (χ4v) is 3.49. The number of amides is 2. The van der Waals surface area contributed by atoms with E-state index >= 15 is 0 Å². The maximum absolute atomic E-state index is 12.5. The summed E-state index contributed by atoms with van der Waals surface area (Å²) in [6, 6.07) is -0.640. The van der Waals surface area contributed by atoms with Crippen LogP contribution in [-0.2, 0) is 9.59 Å². The van der Waals surface area contributed by atoms with Crippen LogP contribution < -0.4 is 5.32 Å². The molecule has 2 amide bonds. The third-order valence-corrected chi connectivity index (χ3v) is 5.07. The van der Waals surface area contributed by atoms with Crippen molar-refractivity contribution in [3.8, 4) is 0 Å². The van der Waals surface area contributed by atoms with Gasteiger partial charge in [0.2, 0.25) is 11.8 Å². The summed E-state index contributed by atoms with van der Waals surface area (Å²) >= 11 is 0. The van der Waals surface area contributed by atoms with Gasteiger partial charge in [0.05, 0.1) is 0 Å². The Bertz CT molecular complexity index is 361. The third-order valence-electron chi connectivity index (χ3n) is 5.07. The van der Waals surface area contributed by atoms with Gasteiger partial charge in [-0.3, -0.25) is 9.59 Å². The Balaban J connectivity index is 2.15. The molecule has 1 N–H and O–H groups in total. The summed E-state index contributed by atoms with van der Waals surface area (Å²) < 4.78 is 0. The first-order valence-corrected chi connectivity index (χ1v) is 7.64. The maximum atomic E-state index is 12.5. The molecule has 2 fully saturated rings. The average Bonchev–Trinajstić information content (AvgIpc) is 2.88. The lowest BCUT2D eigenvalue weighted by Crippen LogP contribution is -2.63. The van der Waals surface area contributed by atoms with E-state index in [1.165, 1.54) is 25.7 Å². The molecular formula is C15H26N2O2. The van der Waals surface area contributed by atoms with Crippen LogP contribution in [-0.4, -0.2) is 35.3 Å². The van der Waals surface area contributed by atoms with Gasteiger partial charge in [-0.05, 0) is 38.0 Å². The number of nitrogens with one attached hydrogen (secondary N) is 1. The molecule has 108 valence electrons. The zero-order chi connectivity index (χ0) is 14.0. The molecule has 1 saturated heterocycles. The fraction of sp³-hybridized carbons (Fsp3) is 0.867. The fourth-order valence-electron chi connectivity index (χ4n) is 3.49. The largest absolute Gasteiger partial charge is 0.343 e. The van der Waals surface area contributed by atoms with Crippen molar-refractivity contribution in [3.63, 3.8) is 0 Å². The zero-order valence-corrected chi connectivity index (χ0v) is 12.4. The van der Waals surface area contributed by atoms with Gasteiger partial charge in [0.15, 0.2) is 0 Å². The molecule has 2 aliphatic rings. The van der Waals surface area contributed by atoms with Crippen LogP contribution >= 0.6 is 0 Å². The highest BCUT2D eigenvalue weighted by atomic mass is 16.2. The van der Waals surface area contributed by atoms with E-state index in [-0.39, 0.29) is 29.3 Å². The summed E-state index contributed by atoms with van der Waals surface area (Å²) in [4.78, 5) is 26.3. The Morgan fingerprint density at radius 3 is 2.42 bits per heavy atom. The second kappa shape index (κ2) is 5.51. The molecule has 0 aromatic heterocycles. The number of carbonyl (C=O) groups excluding carboxylic acids is 2. The lowest BCUT2D eigenvalue weighted by molar-refractivity contribution is -0.150. The second-order valence-corrected chi connectivity index (χ2v) is 6.17. The average molecular weight is 266 g/mol. The summed E-state index contributed by atoms with van der Waals surface area (Å²) in [7, 11) is 0. The van der Waals surface area contributed by atoms with E-state index in [4.69, 9.17) is 0 Å². The molecular weight excluding hydrogens is 240 g/mol. The molecule has 4 nitrogen and oxygen atoms in total. The van der Waals surface area contributed by atoms with E-state index in [1.807, 2.05) is 18.7 Å². The van der Waals surface area contributed by atoms with Crippen LogP contribution in [0.15, 0.2) is 0 Å². The molecule has 1 aliphatic carbocycles. The van der Waals surface area contributed by atoms with E-state index in [0.717, 1.165) is 13.0 Å². The van der Waals surface area contributed by atoms with Crippen molar-refractivity contribution >= 4 is 11.8 Å². The van der Waals surface area contributed by atoms with Gasteiger partial charge in [0, 0.05) is 6.54 Å². The van der Waals surface area contributed by atoms with E-state index in [0.29, 0.717) is 6.42 Å². The number of piperazine rings is 1. The van der Waals surface area contributed by atoms with Crippen LogP contribution in [0.3, 0.4) is 0 Å². The molecule has 2 atom stereocenters. The molecule has 1 saturated carbocycles. The van der Waals surface area contributed by atoms with Gasteiger partial charge in [-0.2, -0.15) is 0 Å². The second-order valence-electron chi connectivity index (χ2n) is 6.17. The normalized spacial score (nSPS) is 30.6. The van der Waals surface area contributed by atoms with Gasteiger partial charge in [-0.25, -0.2) is 0 Å². The Kier molecular flexibility index (Phi) is 4.16. The van der Waals surface area contributed by atoms with Crippen LogP contribution in [0, 0.1) is 5.41 Å². The van der Waals surface area contributed by atoms with E-state index < -0.39 is 0 Å². The first-order chi connectivity index (χ1) is 9.03. The summed E-state index contributed by atoms with van der Waals surface area (Å²) in [5.41, 5.74) is 0.250. The minimum atomic E-state index is -0.320. The van der Waals surface area contributed by atoms with Crippen LogP contribution in [0.4, 0.5) is 0 Å². The van der Waals surface area contributed by atoms with E-state index in [2.05, 4.69) is 12.2 Å². The van der Waals surface area contributed by atoms with E-state index in [9.17, 15) is 9.59 Å². The maximum Gasteiger partial charge on any atom is 0.245 e. The van der Waals surface area contributed by atoms with Crippen molar-refractivity contribution in [1.82, 2.24) is 10.2 Å². The highest BCUT2D eigenvalue weighted by Gasteiger charge is 2.42. The van der Waals surface area contributed by atoms with Gasteiger partial charge in [-0.1, -0.05) is 26.7 Å². The Hall–Kier alpha value is -1.06. The van der Waals surface area contributed by atoms with Crippen molar-refractivity contribution in [3.05, 3.63) is 0 Å². The van der Waals surface area contributed by atoms with Crippen LogP contribution in [0.2, 0.25) is 0 Å². The molecule has 0 spiro atoms. The first kappa shape index (κ1) is 14.4. The standard InChI is InChI=1S/C15H26N2O2/c1-4-12-14(19)17(11(3)13(18)16-12)10-15(5-2)8-6-7-9-15/h11-12H,4-10H2,1-3H3,(H,16,18). The first-order valence-electron chi connectivity index (χ1n) is 7.64. The third kappa shape index (κ3) is 2.63. The highest BCUT2D eigenvalue weighted by molar-refractivity contribution is 5.96. The quantitative estimate of drug-likeness (QED) is 0.847. The topological polar surface area (TPSA) is 49.4 Å². The summed E-state index contributed by atoms with van der Waals surface area (Å²) in [6.45, 7) is 6.76. The van der Waals surface area contributed by atoms with Crippen molar-refractivity contribution < 1.29 is 9.59 Å². The molecule has 0 radical (unpaired) electrons. The molecule has 4 heteroatoms. The molecule has 0 bridgehead atoms. The molecule has 0 aromatic carbocycles. The molecule has 2 unspecified atom stereocenters. The minimum Gasteiger partial charge on any atom is -0.343 e. The Labute approximate surface area is 115 Å². The molecule has 19 heavy (non-hydrogen) atoms. The molecule has 1 aliphatic heterocycles. The van der Waals surface area contributed by atoms with Crippen molar-refractivity contribution in [2.24, 2.45) is 5.41 Å². The number of nitrogens with zero attached hydrogens (tertiary/aromatic N) is 1. The van der Waals surface area contributed by atoms with Crippen LogP contribution in [0.5, 0.6) is 0 Å². The number of hydrogen-bond acceptors (Lipinski definition) is 2. The molecule has 2 rings (SSSR count). The van der Waals surface area contributed by atoms with Gasteiger partial charge in [0.25, 0.3) is 0 Å². The number of hydrogen-bond donors (Lipinski definition) is 1. The monoisotopic (exact) mass is 266 g/mol. The van der Waals surface area contributed by atoms with Crippen LogP contribution in [0.25, 0.3) is 0 Å². The van der Waals surface area contributed by atoms with Crippen molar-refractivity contribution in [2.45, 2.75) is 71.4 Å². The number of carbonyl (C=O) groups is 2. The highest BCUT2D eigenvalue weighted by Crippen LogP contribution is 2.42. The molecule has 0 aromatic rings. The SMILES string of the molecule is CCC1NC(=O)C(C)N(CC2(CC)CCCC2)C1=O. The van der Waals surface area contributed by atoms with Gasteiger partial charge < -0.3 is 10.2 Å². The van der Waals surface area contributed by atoms with Crippen LogP contribution in [0.1, 0.15) is 59.3 Å².